The van der Waals surface area contributed by atoms with Gasteiger partial charge in [0.1, 0.15) is 12.4 Å². The number of H-pyrrole nitrogens is 2. The predicted molar refractivity (Wildman–Crippen MR) is 123 cm³/mol. The fourth-order valence-corrected chi connectivity index (χ4v) is 3.57. The molecule has 2 aromatic heterocycles. The molecule has 0 saturated carbocycles. The fourth-order valence-electron chi connectivity index (χ4n) is 3.57. The number of rotatable bonds is 5. The average molecular weight is 394 g/mol. The highest BCUT2D eigenvalue weighted by molar-refractivity contribution is 5.97. The maximum atomic E-state index is 6.17. The van der Waals surface area contributed by atoms with Crippen LogP contribution in [0.2, 0.25) is 0 Å². The van der Waals surface area contributed by atoms with Gasteiger partial charge in [-0.25, -0.2) is 0 Å². The third kappa shape index (κ3) is 3.65. The molecule has 0 fully saturated rings. The minimum absolute atomic E-state index is 0.496. The van der Waals surface area contributed by atoms with Gasteiger partial charge in [-0.1, -0.05) is 30.3 Å². The van der Waals surface area contributed by atoms with Gasteiger partial charge in [-0.05, 0) is 55.0 Å². The molecule has 0 bridgehead atoms. The van der Waals surface area contributed by atoms with Crippen LogP contribution in [0, 0.1) is 0 Å². The Balaban J connectivity index is 1.52. The van der Waals surface area contributed by atoms with Gasteiger partial charge in [-0.2, -0.15) is 0 Å². The molecule has 0 unspecified atom stereocenters. The zero-order valence-corrected chi connectivity index (χ0v) is 16.6. The van der Waals surface area contributed by atoms with Crippen molar-refractivity contribution >= 4 is 28.4 Å². The molecule has 0 spiro atoms. The van der Waals surface area contributed by atoms with Crippen molar-refractivity contribution in [1.82, 2.24) is 9.97 Å². The Kier molecular flexibility index (Phi) is 4.48. The summed E-state index contributed by atoms with van der Waals surface area (Å²) in [6, 6.07) is 20.1. The van der Waals surface area contributed by atoms with Crippen molar-refractivity contribution in [3.05, 3.63) is 89.8 Å². The molecule has 3 heterocycles. The number of fused-ring (bicyclic) bond motifs is 1. The predicted octanol–water partition coefficient (Wildman–Crippen LogP) is 5.70. The smallest absolute Gasteiger partial charge is 0.145 e. The Morgan fingerprint density at radius 2 is 1.80 bits per heavy atom. The topological polar surface area (TPSA) is 79.2 Å². The monoisotopic (exact) mass is 394 g/mol. The first kappa shape index (κ1) is 18.1. The molecule has 0 radical (unpaired) electrons. The second-order valence-electron chi connectivity index (χ2n) is 7.42. The summed E-state index contributed by atoms with van der Waals surface area (Å²) in [6.07, 6.45) is 6.02. The number of nitrogen functional groups attached to an aromatic ring is 1. The minimum Gasteiger partial charge on any atom is -0.487 e. The lowest BCUT2D eigenvalue weighted by Crippen LogP contribution is -1.95. The molecule has 0 aliphatic carbocycles. The lowest BCUT2D eigenvalue weighted by atomic mass is 10.2. The van der Waals surface area contributed by atoms with Crippen molar-refractivity contribution < 1.29 is 4.74 Å². The van der Waals surface area contributed by atoms with E-state index < -0.39 is 0 Å². The normalized spacial score (nSPS) is 14.6. The van der Waals surface area contributed by atoms with Crippen LogP contribution in [0.25, 0.3) is 28.4 Å². The third-order valence-corrected chi connectivity index (χ3v) is 5.08. The summed E-state index contributed by atoms with van der Waals surface area (Å²) in [5.74, 6) is 0.785. The molecule has 0 saturated heterocycles. The maximum absolute atomic E-state index is 6.17. The molecule has 4 aromatic rings. The van der Waals surface area contributed by atoms with Gasteiger partial charge in [0.05, 0.1) is 22.8 Å². The van der Waals surface area contributed by atoms with Crippen LogP contribution in [0.4, 0.5) is 5.69 Å². The highest BCUT2D eigenvalue weighted by atomic mass is 16.5. The van der Waals surface area contributed by atoms with Crippen molar-refractivity contribution in [2.45, 2.75) is 13.5 Å². The first-order valence-electron chi connectivity index (χ1n) is 9.87. The number of aliphatic imine (C=N–C) groups is 1. The Hall–Kier alpha value is -3.99. The number of aromatic amines is 2. The highest BCUT2D eigenvalue weighted by Gasteiger charge is 2.13. The van der Waals surface area contributed by atoms with E-state index in [-0.39, 0.29) is 0 Å². The number of ether oxygens (including phenoxy) is 1. The largest absolute Gasteiger partial charge is 0.487 e. The van der Waals surface area contributed by atoms with E-state index in [1.165, 1.54) is 0 Å². The summed E-state index contributed by atoms with van der Waals surface area (Å²) >= 11 is 0. The van der Waals surface area contributed by atoms with E-state index in [2.05, 4.69) is 33.2 Å². The van der Waals surface area contributed by atoms with Gasteiger partial charge in [-0.3, -0.25) is 4.99 Å². The van der Waals surface area contributed by atoms with Crippen LogP contribution in [0.15, 0.2) is 83.5 Å². The lowest BCUT2D eigenvalue weighted by molar-refractivity contribution is 0.306. The van der Waals surface area contributed by atoms with Crippen molar-refractivity contribution in [2.24, 2.45) is 4.99 Å². The van der Waals surface area contributed by atoms with Crippen LogP contribution in [0.5, 0.6) is 5.75 Å². The Labute approximate surface area is 174 Å². The number of nitrogens with two attached hydrogens (primary N) is 1. The molecule has 148 valence electrons. The number of allylic oxidation sites excluding steroid dienone is 2. The summed E-state index contributed by atoms with van der Waals surface area (Å²) in [4.78, 5) is 11.5. The molecule has 5 nitrogen and oxygen atoms in total. The number of aromatic nitrogens is 2. The molecule has 5 rings (SSSR count). The molecule has 0 amide bonds. The number of benzene rings is 2. The van der Waals surface area contributed by atoms with E-state index in [0.717, 1.165) is 56.4 Å². The summed E-state index contributed by atoms with van der Waals surface area (Å²) in [7, 11) is 0. The number of nitrogens with zero attached hydrogens (tertiary/aromatic N) is 1. The standard InChI is InChI=1S/C25H22N4O/c1-16-7-9-20(27-16)13-24-25(30-15-17-5-3-2-4-6-17)14-23(29-24)22-12-18-11-19(26)8-10-21(18)28-22/h2-14,28-29H,15,26H2,1H3. The van der Waals surface area contributed by atoms with Crippen LogP contribution in [-0.2, 0) is 6.61 Å². The van der Waals surface area contributed by atoms with Crippen molar-refractivity contribution in [2.75, 3.05) is 5.73 Å². The Morgan fingerprint density at radius 3 is 2.60 bits per heavy atom. The van der Waals surface area contributed by atoms with Crippen molar-refractivity contribution in [3.63, 3.8) is 0 Å². The maximum Gasteiger partial charge on any atom is 0.145 e. The number of hydrogen-bond donors (Lipinski definition) is 3. The molecule has 2 aromatic carbocycles. The SMILES string of the molecule is CC1=NC(=Cc2[nH]c(-c3cc4cc(N)ccc4[nH]3)cc2OCc2ccccc2)C=C1. The van der Waals surface area contributed by atoms with Crippen LogP contribution < -0.4 is 10.5 Å². The van der Waals surface area contributed by atoms with E-state index >= 15 is 0 Å². The van der Waals surface area contributed by atoms with Crippen molar-refractivity contribution in [3.8, 4) is 17.1 Å². The molecular weight excluding hydrogens is 372 g/mol. The van der Waals surface area contributed by atoms with E-state index in [1.54, 1.807) is 0 Å². The summed E-state index contributed by atoms with van der Waals surface area (Å²) in [5.41, 5.74) is 13.5. The summed E-state index contributed by atoms with van der Waals surface area (Å²) in [5, 5.41) is 1.07. The van der Waals surface area contributed by atoms with Gasteiger partial charge in [0.25, 0.3) is 0 Å². The van der Waals surface area contributed by atoms with Gasteiger partial charge in [-0.15, -0.1) is 0 Å². The zero-order chi connectivity index (χ0) is 20.5. The molecular formula is C25H22N4O. The van der Waals surface area contributed by atoms with Gasteiger partial charge in [0.2, 0.25) is 0 Å². The minimum atomic E-state index is 0.496. The Morgan fingerprint density at radius 1 is 0.967 bits per heavy atom. The van der Waals surface area contributed by atoms with E-state index in [0.29, 0.717) is 6.61 Å². The van der Waals surface area contributed by atoms with Crippen LogP contribution >= 0.6 is 0 Å². The second-order valence-corrected chi connectivity index (χ2v) is 7.42. The second kappa shape index (κ2) is 7.44. The van der Waals surface area contributed by atoms with Crippen LogP contribution in [-0.4, -0.2) is 15.7 Å². The third-order valence-electron chi connectivity index (χ3n) is 5.08. The quantitative estimate of drug-likeness (QED) is 0.380. The zero-order valence-electron chi connectivity index (χ0n) is 16.6. The van der Waals surface area contributed by atoms with Gasteiger partial charge in [0.15, 0.2) is 0 Å². The lowest BCUT2D eigenvalue weighted by Gasteiger charge is -2.05. The number of nitrogens with one attached hydrogen (secondary N) is 2. The van der Waals surface area contributed by atoms with Gasteiger partial charge in [0, 0.05) is 28.4 Å². The molecule has 1 aliphatic rings. The molecule has 1 aliphatic heterocycles. The van der Waals surface area contributed by atoms with E-state index in [1.807, 2.05) is 67.6 Å². The first-order chi connectivity index (χ1) is 14.6. The van der Waals surface area contributed by atoms with E-state index in [9.17, 15) is 0 Å². The Bertz CT molecular complexity index is 1310. The number of anilines is 1. The fraction of sp³-hybridized carbons (Fsp3) is 0.0800. The summed E-state index contributed by atoms with van der Waals surface area (Å²) < 4.78 is 6.17. The average Bonchev–Trinajstić information content (AvgIpc) is 3.45. The van der Waals surface area contributed by atoms with Gasteiger partial charge < -0.3 is 20.4 Å². The van der Waals surface area contributed by atoms with Crippen LogP contribution in [0.3, 0.4) is 0 Å². The van der Waals surface area contributed by atoms with E-state index in [4.69, 9.17) is 10.5 Å². The number of hydrogen-bond acceptors (Lipinski definition) is 3. The molecule has 5 heteroatoms. The molecule has 30 heavy (non-hydrogen) atoms. The molecule has 4 N–H and O–H groups in total. The molecule has 0 atom stereocenters. The van der Waals surface area contributed by atoms with Gasteiger partial charge >= 0.3 is 0 Å². The first-order valence-corrected chi connectivity index (χ1v) is 9.87. The van der Waals surface area contributed by atoms with Crippen molar-refractivity contribution in [1.29, 1.82) is 0 Å². The summed E-state index contributed by atoms with van der Waals surface area (Å²) in [6.45, 7) is 2.48. The van der Waals surface area contributed by atoms with Crippen LogP contribution in [0.1, 0.15) is 18.2 Å². The highest BCUT2D eigenvalue weighted by Crippen LogP contribution is 2.32.